The van der Waals surface area contributed by atoms with Gasteiger partial charge in [-0.25, -0.2) is 4.39 Å². The van der Waals surface area contributed by atoms with E-state index >= 15 is 0 Å². The second-order valence-electron chi connectivity index (χ2n) is 5.08. The fourth-order valence-electron chi connectivity index (χ4n) is 3.17. The molecule has 0 saturated carbocycles. The Bertz CT molecular complexity index is 466. The molecule has 0 aliphatic carbocycles. The molecule has 18 heavy (non-hydrogen) atoms. The van der Waals surface area contributed by atoms with Crippen LogP contribution in [-0.2, 0) is 0 Å². The van der Waals surface area contributed by atoms with Crippen LogP contribution in [0.15, 0.2) is 18.5 Å². The minimum Gasteiger partial charge on any atom is -0.393 e. The third-order valence-electron chi connectivity index (χ3n) is 3.95. The molecule has 1 aromatic rings. The average molecular weight is 250 g/mol. The SMILES string of the molecule is O=C(c1ccncc1F)N1C2CCC1CC(O)C2. The third-order valence-corrected chi connectivity index (χ3v) is 3.95. The molecule has 2 fully saturated rings. The molecular formula is C13H15FN2O2. The number of piperidine rings is 1. The summed E-state index contributed by atoms with van der Waals surface area (Å²) in [6.07, 6.45) is 5.18. The van der Waals surface area contributed by atoms with E-state index in [9.17, 15) is 14.3 Å². The van der Waals surface area contributed by atoms with E-state index in [0.717, 1.165) is 19.0 Å². The smallest absolute Gasteiger partial charge is 0.257 e. The van der Waals surface area contributed by atoms with Crippen LogP contribution < -0.4 is 0 Å². The van der Waals surface area contributed by atoms with Crippen LogP contribution >= 0.6 is 0 Å². The summed E-state index contributed by atoms with van der Waals surface area (Å²) in [4.78, 5) is 17.8. The lowest BCUT2D eigenvalue weighted by molar-refractivity contribution is 0.0283. The number of nitrogens with zero attached hydrogens (tertiary/aromatic N) is 2. The van der Waals surface area contributed by atoms with E-state index < -0.39 is 5.82 Å². The summed E-state index contributed by atoms with van der Waals surface area (Å²) in [7, 11) is 0. The van der Waals surface area contributed by atoms with Crippen molar-refractivity contribution in [1.82, 2.24) is 9.88 Å². The fourth-order valence-corrected chi connectivity index (χ4v) is 3.17. The number of hydrogen-bond acceptors (Lipinski definition) is 3. The summed E-state index contributed by atoms with van der Waals surface area (Å²) < 4.78 is 13.6. The zero-order valence-corrected chi connectivity index (χ0v) is 9.92. The van der Waals surface area contributed by atoms with Gasteiger partial charge in [0.1, 0.15) is 0 Å². The highest BCUT2D eigenvalue weighted by Gasteiger charge is 2.43. The van der Waals surface area contributed by atoms with E-state index in [4.69, 9.17) is 0 Å². The highest BCUT2D eigenvalue weighted by molar-refractivity contribution is 5.95. The van der Waals surface area contributed by atoms with Gasteiger partial charge in [-0.05, 0) is 31.7 Å². The van der Waals surface area contributed by atoms with Crippen molar-refractivity contribution < 1.29 is 14.3 Å². The second kappa shape index (κ2) is 4.31. The number of aliphatic hydroxyl groups excluding tert-OH is 1. The van der Waals surface area contributed by atoms with Gasteiger partial charge in [-0.2, -0.15) is 0 Å². The van der Waals surface area contributed by atoms with E-state index in [1.807, 2.05) is 0 Å². The third kappa shape index (κ3) is 1.79. The highest BCUT2D eigenvalue weighted by atomic mass is 19.1. The molecule has 3 rings (SSSR count). The van der Waals surface area contributed by atoms with Gasteiger partial charge in [0.05, 0.1) is 17.9 Å². The molecule has 2 aliphatic heterocycles. The zero-order chi connectivity index (χ0) is 12.7. The number of carbonyl (C=O) groups excluding carboxylic acids is 1. The van der Waals surface area contributed by atoms with Crippen molar-refractivity contribution in [3.05, 3.63) is 29.8 Å². The Hall–Kier alpha value is -1.49. The van der Waals surface area contributed by atoms with Crippen LogP contribution in [0.1, 0.15) is 36.0 Å². The molecule has 2 atom stereocenters. The average Bonchev–Trinajstić information content (AvgIpc) is 2.61. The lowest BCUT2D eigenvalue weighted by Gasteiger charge is -2.37. The highest BCUT2D eigenvalue weighted by Crippen LogP contribution is 2.36. The minimum absolute atomic E-state index is 0.0545. The summed E-state index contributed by atoms with van der Waals surface area (Å²) in [6, 6.07) is 1.53. The van der Waals surface area contributed by atoms with Crippen molar-refractivity contribution >= 4 is 5.91 Å². The Balaban J connectivity index is 1.88. The maximum absolute atomic E-state index is 13.6. The van der Waals surface area contributed by atoms with Crippen molar-refractivity contribution in [2.24, 2.45) is 0 Å². The van der Waals surface area contributed by atoms with E-state index in [1.54, 1.807) is 4.90 Å². The summed E-state index contributed by atoms with van der Waals surface area (Å²) in [5.74, 6) is -0.845. The molecule has 1 aromatic heterocycles. The number of hydrogen-bond donors (Lipinski definition) is 1. The van der Waals surface area contributed by atoms with E-state index in [-0.39, 0.29) is 29.7 Å². The molecule has 3 heterocycles. The number of aliphatic hydroxyl groups is 1. The largest absolute Gasteiger partial charge is 0.393 e. The van der Waals surface area contributed by atoms with Gasteiger partial charge in [0.25, 0.3) is 5.91 Å². The lowest BCUT2D eigenvalue weighted by atomic mass is 9.99. The first kappa shape index (κ1) is 11.6. The number of carbonyl (C=O) groups is 1. The first-order valence-electron chi connectivity index (χ1n) is 6.27. The Kier molecular flexibility index (Phi) is 2.78. The van der Waals surface area contributed by atoms with Crippen LogP contribution in [0.2, 0.25) is 0 Å². The molecule has 0 aromatic carbocycles. The molecule has 2 aliphatic rings. The molecule has 2 bridgehead atoms. The van der Waals surface area contributed by atoms with Crippen LogP contribution in [-0.4, -0.2) is 39.1 Å². The Morgan fingerprint density at radius 3 is 2.67 bits per heavy atom. The number of rotatable bonds is 1. The number of halogens is 1. The summed E-state index contributed by atoms with van der Waals surface area (Å²) in [6.45, 7) is 0. The minimum atomic E-state index is -0.576. The Labute approximate surface area is 104 Å². The van der Waals surface area contributed by atoms with Gasteiger partial charge < -0.3 is 10.0 Å². The van der Waals surface area contributed by atoms with Crippen molar-refractivity contribution in [2.45, 2.75) is 43.9 Å². The van der Waals surface area contributed by atoms with Crippen LogP contribution in [0.4, 0.5) is 4.39 Å². The maximum atomic E-state index is 13.6. The predicted molar refractivity (Wildman–Crippen MR) is 62.4 cm³/mol. The van der Waals surface area contributed by atoms with Crippen molar-refractivity contribution in [2.75, 3.05) is 0 Å². The van der Waals surface area contributed by atoms with Crippen LogP contribution in [0.3, 0.4) is 0 Å². The summed E-state index contributed by atoms with van der Waals surface area (Å²) in [5, 5.41) is 9.69. The number of pyridine rings is 1. The fraction of sp³-hybridized carbons (Fsp3) is 0.538. The van der Waals surface area contributed by atoms with Gasteiger partial charge in [0.15, 0.2) is 5.82 Å². The van der Waals surface area contributed by atoms with Gasteiger partial charge in [-0.3, -0.25) is 9.78 Å². The number of amides is 1. The molecule has 1 N–H and O–H groups in total. The molecule has 2 saturated heterocycles. The molecule has 0 radical (unpaired) electrons. The van der Waals surface area contributed by atoms with Gasteiger partial charge in [0, 0.05) is 18.3 Å². The second-order valence-corrected chi connectivity index (χ2v) is 5.08. The van der Waals surface area contributed by atoms with Crippen LogP contribution in [0.25, 0.3) is 0 Å². The first-order valence-corrected chi connectivity index (χ1v) is 6.27. The standard InChI is InChI=1S/C13H15FN2O2/c14-12-7-15-4-3-11(12)13(18)16-8-1-2-9(16)6-10(17)5-8/h3-4,7-10,17H,1-2,5-6H2. The van der Waals surface area contributed by atoms with Crippen molar-refractivity contribution in [3.63, 3.8) is 0 Å². The van der Waals surface area contributed by atoms with E-state index in [0.29, 0.717) is 12.8 Å². The van der Waals surface area contributed by atoms with Gasteiger partial charge in [0.2, 0.25) is 0 Å². The van der Waals surface area contributed by atoms with Gasteiger partial charge >= 0.3 is 0 Å². The predicted octanol–water partition coefficient (Wildman–Crippen LogP) is 1.35. The summed E-state index contributed by atoms with van der Waals surface area (Å²) >= 11 is 0. The van der Waals surface area contributed by atoms with Crippen LogP contribution in [0, 0.1) is 5.82 Å². The molecule has 4 nitrogen and oxygen atoms in total. The maximum Gasteiger partial charge on any atom is 0.257 e. The van der Waals surface area contributed by atoms with Gasteiger partial charge in [-0.1, -0.05) is 0 Å². The summed E-state index contributed by atoms with van der Waals surface area (Å²) in [5.41, 5.74) is 0.0817. The first-order chi connectivity index (χ1) is 8.66. The Morgan fingerprint density at radius 2 is 2.06 bits per heavy atom. The molecule has 0 spiro atoms. The molecular weight excluding hydrogens is 235 g/mol. The van der Waals surface area contributed by atoms with Crippen molar-refractivity contribution in [1.29, 1.82) is 0 Å². The van der Waals surface area contributed by atoms with E-state index in [2.05, 4.69) is 4.98 Å². The van der Waals surface area contributed by atoms with Crippen LogP contribution in [0.5, 0.6) is 0 Å². The topological polar surface area (TPSA) is 53.4 Å². The van der Waals surface area contributed by atoms with Gasteiger partial charge in [-0.15, -0.1) is 0 Å². The monoisotopic (exact) mass is 250 g/mol. The number of fused-ring (bicyclic) bond motifs is 2. The lowest BCUT2D eigenvalue weighted by Crippen LogP contribution is -2.48. The molecule has 1 amide bonds. The quantitative estimate of drug-likeness (QED) is 0.818. The number of aromatic nitrogens is 1. The molecule has 2 unspecified atom stereocenters. The van der Waals surface area contributed by atoms with E-state index in [1.165, 1.54) is 12.3 Å². The normalized spacial score (nSPS) is 30.6. The van der Waals surface area contributed by atoms with Crippen molar-refractivity contribution in [3.8, 4) is 0 Å². The zero-order valence-electron chi connectivity index (χ0n) is 9.92. The Morgan fingerprint density at radius 1 is 1.39 bits per heavy atom. The molecule has 96 valence electrons. The molecule has 5 heteroatoms.